The third kappa shape index (κ3) is 4.14. The summed E-state index contributed by atoms with van der Waals surface area (Å²) in [6, 6.07) is 14.9. The van der Waals surface area contributed by atoms with E-state index in [0.29, 0.717) is 22.6 Å². The van der Waals surface area contributed by atoms with Gasteiger partial charge in [0, 0.05) is 11.8 Å². The van der Waals surface area contributed by atoms with E-state index in [-0.39, 0.29) is 17.5 Å². The van der Waals surface area contributed by atoms with E-state index in [4.69, 9.17) is 16.3 Å². The van der Waals surface area contributed by atoms with E-state index in [1.165, 1.54) is 6.07 Å². The maximum absolute atomic E-state index is 14.0. The van der Waals surface area contributed by atoms with Crippen LogP contribution in [0.2, 0.25) is 5.02 Å². The van der Waals surface area contributed by atoms with Gasteiger partial charge in [-0.1, -0.05) is 35.9 Å². The average Bonchev–Trinajstić information content (AvgIpc) is 2.64. The molecule has 0 aliphatic rings. The standard InChI is InChI=1S/C19H14ClFN2O2/c20-16-8-3-5-13(18(16)21)12-25-17-9-2-1-7-15(17)19(24)23-14-6-4-10-22-11-14/h1-11H,12H2,(H,23,24). The second-order valence-electron chi connectivity index (χ2n) is 5.19. The minimum absolute atomic E-state index is 0.0312. The summed E-state index contributed by atoms with van der Waals surface area (Å²) >= 11 is 5.77. The number of para-hydroxylation sites is 1. The van der Waals surface area contributed by atoms with Crippen LogP contribution in [-0.2, 0) is 6.61 Å². The van der Waals surface area contributed by atoms with Crippen LogP contribution in [0.1, 0.15) is 15.9 Å². The van der Waals surface area contributed by atoms with Crippen LogP contribution in [0.5, 0.6) is 5.75 Å². The number of ether oxygens (including phenoxy) is 1. The number of hydrogen-bond donors (Lipinski definition) is 1. The maximum Gasteiger partial charge on any atom is 0.259 e. The monoisotopic (exact) mass is 356 g/mol. The molecule has 1 aromatic heterocycles. The van der Waals surface area contributed by atoms with E-state index in [1.54, 1.807) is 60.9 Å². The van der Waals surface area contributed by atoms with Gasteiger partial charge in [0.2, 0.25) is 0 Å². The minimum atomic E-state index is -0.526. The highest BCUT2D eigenvalue weighted by Crippen LogP contribution is 2.23. The lowest BCUT2D eigenvalue weighted by Gasteiger charge is -2.12. The number of nitrogens with one attached hydrogen (secondary N) is 1. The molecular formula is C19H14ClFN2O2. The Hall–Kier alpha value is -2.92. The Bertz CT molecular complexity index is 888. The Labute approximate surface area is 149 Å². The van der Waals surface area contributed by atoms with Crippen molar-refractivity contribution in [1.82, 2.24) is 4.98 Å². The maximum atomic E-state index is 14.0. The summed E-state index contributed by atoms with van der Waals surface area (Å²) in [5.41, 5.74) is 1.23. The van der Waals surface area contributed by atoms with E-state index in [9.17, 15) is 9.18 Å². The zero-order chi connectivity index (χ0) is 17.6. The summed E-state index contributed by atoms with van der Waals surface area (Å²) in [5, 5.41) is 2.77. The molecule has 1 N–H and O–H groups in total. The van der Waals surface area contributed by atoms with Gasteiger partial charge in [-0.05, 0) is 30.3 Å². The molecule has 3 rings (SSSR count). The minimum Gasteiger partial charge on any atom is -0.488 e. The predicted octanol–water partition coefficient (Wildman–Crippen LogP) is 4.71. The lowest BCUT2D eigenvalue weighted by molar-refractivity contribution is 0.102. The van der Waals surface area contributed by atoms with Crippen LogP contribution in [0.25, 0.3) is 0 Å². The molecule has 0 saturated carbocycles. The van der Waals surface area contributed by atoms with Gasteiger partial charge in [0.25, 0.3) is 5.91 Å². The summed E-state index contributed by atoms with van der Waals surface area (Å²) in [6.45, 7) is -0.0381. The molecule has 0 bridgehead atoms. The first kappa shape index (κ1) is 16.9. The molecular weight excluding hydrogens is 343 g/mol. The first-order chi connectivity index (χ1) is 12.1. The van der Waals surface area contributed by atoms with Gasteiger partial charge in [-0.2, -0.15) is 0 Å². The molecule has 25 heavy (non-hydrogen) atoms. The highest BCUT2D eigenvalue weighted by atomic mass is 35.5. The molecule has 0 saturated heterocycles. The van der Waals surface area contributed by atoms with E-state index in [0.717, 1.165) is 0 Å². The fraction of sp³-hybridized carbons (Fsp3) is 0.0526. The second-order valence-corrected chi connectivity index (χ2v) is 5.60. The van der Waals surface area contributed by atoms with Gasteiger partial charge in [-0.25, -0.2) is 4.39 Å². The Morgan fingerprint density at radius 2 is 1.96 bits per heavy atom. The van der Waals surface area contributed by atoms with E-state index < -0.39 is 5.82 Å². The smallest absolute Gasteiger partial charge is 0.259 e. The van der Waals surface area contributed by atoms with Gasteiger partial charge in [-0.3, -0.25) is 9.78 Å². The molecule has 0 radical (unpaired) electrons. The van der Waals surface area contributed by atoms with E-state index in [1.807, 2.05) is 0 Å². The summed E-state index contributed by atoms with van der Waals surface area (Å²) < 4.78 is 19.6. The fourth-order valence-corrected chi connectivity index (χ4v) is 2.42. The van der Waals surface area contributed by atoms with Crippen molar-refractivity contribution < 1.29 is 13.9 Å². The van der Waals surface area contributed by atoms with Gasteiger partial charge < -0.3 is 10.1 Å². The molecule has 6 heteroatoms. The van der Waals surface area contributed by atoms with Crippen LogP contribution in [0.4, 0.5) is 10.1 Å². The lowest BCUT2D eigenvalue weighted by atomic mass is 10.1. The predicted molar refractivity (Wildman–Crippen MR) is 94.4 cm³/mol. The van der Waals surface area contributed by atoms with Crippen molar-refractivity contribution in [3.8, 4) is 5.75 Å². The number of benzene rings is 2. The number of hydrogen-bond acceptors (Lipinski definition) is 3. The molecule has 4 nitrogen and oxygen atoms in total. The fourth-order valence-electron chi connectivity index (χ4n) is 2.23. The van der Waals surface area contributed by atoms with Gasteiger partial charge >= 0.3 is 0 Å². The van der Waals surface area contributed by atoms with Crippen molar-refractivity contribution in [1.29, 1.82) is 0 Å². The van der Waals surface area contributed by atoms with Crippen molar-refractivity contribution >= 4 is 23.2 Å². The first-order valence-electron chi connectivity index (χ1n) is 7.51. The first-order valence-corrected chi connectivity index (χ1v) is 7.89. The highest BCUT2D eigenvalue weighted by Gasteiger charge is 2.14. The van der Waals surface area contributed by atoms with Crippen LogP contribution in [0, 0.1) is 5.82 Å². The number of nitrogens with zero attached hydrogens (tertiary/aromatic N) is 1. The number of carbonyl (C=O) groups is 1. The molecule has 0 aliphatic carbocycles. The number of rotatable bonds is 5. The molecule has 2 aromatic carbocycles. The van der Waals surface area contributed by atoms with Crippen molar-refractivity contribution in [2.75, 3.05) is 5.32 Å². The Morgan fingerprint density at radius 3 is 2.76 bits per heavy atom. The quantitative estimate of drug-likeness (QED) is 0.720. The van der Waals surface area contributed by atoms with Gasteiger partial charge in [0.1, 0.15) is 18.2 Å². The molecule has 3 aromatic rings. The summed E-state index contributed by atoms with van der Waals surface area (Å²) in [7, 11) is 0. The third-order valence-corrected chi connectivity index (χ3v) is 3.76. The van der Waals surface area contributed by atoms with E-state index >= 15 is 0 Å². The van der Waals surface area contributed by atoms with Crippen molar-refractivity contribution in [2.45, 2.75) is 6.61 Å². The third-order valence-electron chi connectivity index (χ3n) is 3.47. The normalized spacial score (nSPS) is 10.3. The summed E-state index contributed by atoms with van der Waals surface area (Å²) in [5.74, 6) is -0.514. The zero-order valence-electron chi connectivity index (χ0n) is 13.1. The molecule has 0 aliphatic heterocycles. The molecule has 1 heterocycles. The van der Waals surface area contributed by atoms with Crippen LogP contribution >= 0.6 is 11.6 Å². The van der Waals surface area contributed by atoms with Crippen LogP contribution in [0.15, 0.2) is 67.0 Å². The van der Waals surface area contributed by atoms with Gasteiger partial charge in [0.15, 0.2) is 0 Å². The molecule has 0 unspecified atom stereocenters. The van der Waals surface area contributed by atoms with Crippen LogP contribution < -0.4 is 10.1 Å². The Kier molecular flexibility index (Phi) is 5.26. The number of carbonyl (C=O) groups excluding carboxylic acids is 1. The molecule has 0 atom stereocenters. The number of anilines is 1. The van der Waals surface area contributed by atoms with Gasteiger partial charge in [-0.15, -0.1) is 0 Å². The largest absolute Gasteiger partial charge is 0.488 e. The van der Waals surface area contributed by atoms with Crippen molar-refractivity contribution in [3.05, 3.63) is 89.0 Å². The zero-order valence-corrected chi connectivity index (χ0v) is 13.8. The molecule has 0 fully saturated rings. The van der Waals surface area contributed by atoms with Crippen molar-refractivity contribution in [3.63, 3.8) is 0 Å². The number of halogens is 2. The Morgan fingerprint density at radius 1 is 1.12 bits per heavy atom. The van der Waals surface area contributed by atoms with Gasteiger partial charge in [0.05, 0.1) is 22.5 Å². The van der Waals surface area contributed by atoms with Crippen molar-refractivity contribution in [2.24, 2.45) is 0 Å². The molecule has 0 spiro atoms. The van der Waals surface area contributed by atoms with Crippen LogP contribution in [-0.4, -0.2) is 10.9 Å². The summed E-state index contributed by atoms with van der Waals surface area (Å²) in [4.78, 5) is 16.4. The number of amides is 1. The number of aromatic nitrogens is 1. The lowest BCUT2D eigenvalue weighted by Crippen LogP contribution is -2.14. The molecule has 126 valence electrons. The Balaban J connectivity index is 1.77. The second kappa shape index (κ2) is 7.77. The number of pyridine rings is 1. The topological polar surface area (TPSA) is 51.2 Å². The summed E-state index contributed by atoms with van der Waals surface area (Å²) in [6.07, 6.45) is 3.16. The van der Waals surface area contributed by atoms with E-state index in [2.05, 4.69) is 10.3 Å². The SMILES string of the molecule is O=C(Nc1cccnc1)c1ccccc1OCc1cccc(Cl)c1F. The van der Waals surface area contributed by atoms with Crippen LogP contribution in [0.3, 0.4) is 0 Å². The average molecular weight is 357 g/mol. The highest BCUT2D eigenvalue weighted by molar-refractivity contribution is 6.30. The molecule has 1 amide bonds.